The number of hydrogen-bond donors (Lipinski definition) is 2. The molecule has 1 fully saturated rings. The van der Waals surface area contributed by atoms with E-state index in [1.54, 1.807) is 11.3 Å². The van der Waals surface area contributed by atoms with Gasteiger partial charge in [0.2, 0.25) is 5.95 Å². The monoisotopic (exact) mass is 306 g/mol. The zero-order chi connectivity index (χ0) is 14.8. The van der Waals surface area contributed by atoms with Gasteiger partial charge in [0.25, 0.3) is 0 Å². The van der Waals surface area contributed by atoms with Crippen LogP contribution in [0.2, 0.25) is 0 Å². The molecule has 0 spiro atoms. The number of aliphatic hydroxyl groups is 1. The van der Waals surface area contributed by atoms with Crippen LogP contribution in [0.15, 0.2) is 6.07 Å². The Kier molecular flexibility index (Phi) is 4.26. The van der Waals surface area contributed by atoms with Gasteiger partial charge in [-0.3, -0.25) is 0 Å². The maximum atomic E-state index is 9.75. The van der Waals surface area contributed by atoms with Crippen LogP contribution in [0.1, 0.15) is 30.6 Å². The van der Waals surface area contributed by atoms with Crippen LogP contribution in [0.4, 0.5) is 11.8 Å². The Balaban J connectivity index is 2.11. The minimum Gasteiger partial charge on any atom is -0.394 e. The van der Waals surface area contributed by atoms with Crippen molar-refractivity contribution in [1.29, 1.82) is 0 Å². The Morgan fingerprint density at radius 1 is 1.38 bits per heavy atom. The van der Waals surface area contributed by atoms with E-state index in [4.69, 9.17) is 4.98 Å². The molecule has 0 bridgehead atoms. The van der Waals surface area contributed by atoms with Crippen molar-refractivity contribution in [2.24, 2.45) is 0 Å². The molecular weight excluding hydrogens is 284 g/mol. The highest BCUT2D eigenvalue weighted by Crippen LogP contribution is 2.34. The van der Waals surface area contributed by atoms with E-state index >= 15 is 0 Å². The van der Waals surface area contributed by atoms with Crippen molar-refractivity contribution < 1.29 is 5.11 Å². The van der Waals surface area contributed by atoms with Gasteiger partial charge in [-0.25, -0.2) is 4.98 Å². The predicted molar refractivity (Wildman–Crippen MR) is 88.4 cm³/mol. The first-order chi connectivity index (χ1) is 10.2. The Hall–Kier alpha value is -1.40. The lowest BCUT2D eigenvalue weighted by Crippen LogP contribution is -2.38. The fraction of sp³-hybridized carbons (Fsp3) is 0.600. The molecule has 3 rings (SSSR count). The summed E-state index contributed by atoms with van der Waals surface area (Å²) in [6.45, 7) is 3.24. The first-order valence-corrected chi connectivity index (χ1v) is 8.38. The molecule has 1 aliphatic rings. The second kappa shape index (κ2) is 6.15. The Labute approximate surface area is 129 Å². The fourth-order valence-corrected chi connectivity index (χ4v) is 3.88. The summed E-state index contributed by atoms with van der Waals surface area (Å²) in [5.74, 6) is 1.62. The number of nitrogens with zero attached hydrogens (tertiary/aromatic N) is 3. The lowest BCUT2D eigenvalue weighted by molar-refractivity contribution is 0.255. The molecule has 0 saturated carbocycles. The number of thiophene rings is 1. The summed E-state index contributed by atoms with van der Waals surface area (Å²) < 4.78 is 0. The summed E-state index contributed by atoms with van der Waals surface area (Å²) in [6, 6.07) is 2.32. The third-order valence-electron chi connectivity index (χ3n) is 4.08. The molecule has 0 amide bonds. The van der Waals surface area contributed by atoms with Crippen LogP contribution in [0.3, 0.4) is 0 Å². The van der Waals surface area contributed by atoms with Gasteiger partial charge in [0.15, 0.2) is 0 Å². The summed E-state index contributed by atoms with van der Waals surface area (Å²) in [7, 11) is 1.84. The molecule has 2 N–H and O–H groups in total. The molecule has 2 aromatic heterocycles. The predicted octanol–water partition coefficient (Wildman–Crippen LogP) is 2.78. The molecule has 1 unspecified atom stereocenters. The van der Waals surface area contributed by atoms with Gasteiger partial charge in [-0.15, -0.1) is 11.3 Å². The third kappa shape index (κ3) is 2.82. The van der Waals surface area contributed by atoms with Gasteiger partial charge < -0.3 is 15.3 Å². The van der Waals surface area contributed by atoms with Crippen LogP contribution in [-0.2, 0) is 0 Å². The number of aryl methyl sites for hydroxylation is 1. The van der Waals surface area contributed by atoms with Crippen molar-refractivity contribution in [3.63, 3.8) is 0 Å². The molecule has 1 saturated heterocycles. The zero-order valence-corrected chi connectivity index (χ0v) is 13.4. The van der Waals surface area contributed by atoms with E-state index in [9.17, 15) is 5.11 Å². The van der Waals surface area contributed by atoms with Crippen molar-refractivity contribution >= 4 is 33.3 Å². The molecule has 21 heavy (non-hydrogen) atoms. The van der Waals surface area contributed by atoms with Crippen molar-refractivity contribution in [2.75, 3.05) is 30.4 Å². The number of fused-ring (bicyclic) bond motifs is 1. The number of nitrogens with one attached hydrogen (secondary N) is 1. The average molecular weight is 306 g/mol. The van der Waals surface area contributed by atoms with Crippen LogP contribution >= 0.6 is 11.3 Å². The molecule has 0 aromatic carbocycles. The van der Waals surface area contributed by atoms with Crippen LogP contribution in [0.5, 0.6) is 0 Å². The van der Waals surface area contributed by atoms with Crippen LogP contribution in [0.25, 0.3) is 10.2 Å². The fourth-order valence-electron chi connectivity index (χ4n) is 3.00. The summed E-state index contributed by atoms with van der Waals surface area (Å²) >= 11 is 1.69. The number of aromatic nitrogens is 2. The Morgan fingerprint density at radius 2 is 2.24 bits per heavy atom. The van der Waals surface area contributed by atoms with E-state index in [0.29, 0.717) is 5.95 Å². The maximum absolute atomic E-state index is 9.75. The molecule has 2 aromatic rings. The molecule has 1 atom stereocenters. The maximum Gasteiger partial charge on any atom is 0.225 e. The van der Waals surface area contributed by atoms with Gasteiger partial charge in [-0.1, -0.05) is 12.8 Å². The quantitative estimate of drug-likeness (QED) is 0.913. The second-order valence-electron chi connectivity index (χ2n) is 5.58. The van der Waals surface area contributed by atoms with Gasteiger partial charge in [-0.2, -0.15) is 4.98 Å². The summed E-state index contributed by atoms with van der Waals surface area (Å²) in [5.41, 5.74) is 0. The van der Waals surface area contributed by atoms with Crippen molar-refractivity contribution in [1.82, 2.24) is 9.97 Å². The van der Waals surface area contributed by atoms with E-state index in [1.165, 1.54) is 17.7 Å². The van der Waals surface area contributed by atoms with Crippen LogP contribution < -0.4 is 10.2 Å². The van der Waals surface area contributed by atoms with Crippen molar-refractivity contribution in [3.8, 4) is 0 Å². The van der Waals surface area contributed by atoms with E-state index in [0.717, 1.165) is 35.4 Å². The molecule has 114 valence electrons. The van der Waals surface area contributed by atoms with Crippen molar-refractivity contribution in [3.05, 3.63) is 10.9 Å². The molecule has 0 aliphatic carbocycles. The number of aliphatic hydroxyl groups excluding tert-OH is 1. The van der Waals surface area contributed by atoms with Crippen molar-refractivity contribution in [2.45, 2.75) is 38.6 Å². The molecule has 0 radical (unpaired) electrons. The lowest BCUT2D eigenvalue weighted by Gasteiger charge is -2.30. The lowest BCUT2D eigenvalue weighted by atomic mass is 10.1. The highest BCUT2D eigenvalue weighted by molar-refractivity contribution is 7.18. The number of rotatable bonds is 3. The van der Waals surface area contributed by atoms with Crippen LogP contribution in [-0.4, -0.2) is 41.3 Å². The zero-order valence-electron chi connectivity index (χ0n) is 12.6. The average Bonchev–Trinajstić information content (AvgIpc) is 2.72. The normalized spacial score (nSPS) is 19.8. The summed E-state index contributed by atoms with van der Waals surface area (Å²) in [5, 5.41) is 13.9. The third-order valence-corrected chi connectivity index (χ3v) is 5.02. The first-order valence-electron chi connectivity index (χ1n) is 7.56. The highest BCUT2D eigenvalue weighted by atomic mass is 32.1. The molecule has 6 heteroatoms. The Bertz CT molecular complexity index is 627. The number of hydrogen-bond acceptors (Lipinski definition) is 6. The van der Waals surface area contributed by atoms with Gasteiger partial charge in [-0.05, 0) is 25.8 Å². The highest BCUT2D eigenvalue weighted by Gasteiger charge is 2.24. The minimum atomic E-state index is 0.163. The summed E-state index contributed by atoms with van der Waals surface area (Å²) in [4.78, 5) is 13.8. The van der Waals surface area contributed by atoms with E-state index < -0.39 is 0 Å². The van der Waals surface area contributed by atoms with Gasteiger partial charge >= 0.3 is 0 Å². The molecule has 1 aliphatic heterocycles. The molecule has 5 nitrogen and oxygen atoms in total. The van der Waals surface area contributed by atoms with Gasteiger partial charge in [0.05, 0.1) is 18.0 Å². The number of anilines is 2. The van der Waals surface area contributed by atoms with E-state index in [-0.39, 0.29) is 12.6 Å². The molecular formula is C15H22N4OS. The first kappa shape index (κ1) is 14.5. The van der Waals surface area contributed by atoms with E-state index in [1.807, 2.05) is 7.05 Å². The van der Waals surface area contributed by atoms with Crippen LogP contribution in [0, 0.1) is 6.92 Å². The minimum absolute atomic E-state index is 0.163. The SMILES string of the molecule is CNc1nc(N2CCCCCC2CO)c2cc(C)sc2n1. The topological polar surface area (TPSA) is 61.3 Å². The summed E-state index contributed by atoms with van der Waals surface area (Å²) in [6.07, 6.45) is 4.58. The van der Waals surface area contributed by atoms with Gasteiger partial charge in [0.1, 0.15) is 10.6 Å². The largest absolute Gasteiger partial charge is 0.394 e. The van der Waals surface area contributed by atoms with Gasteiger partial charge in [0, 0.05) is 18.5 Å². The van der Waals surface area contributed by atoms with E-state index in [2.05, 4.69) is 28.2 Å². The smallest absolute Gasteiger partial charge is 0.225 e. The molecule has 3 heterocycles. The Morgan fingerprint density at radius 3 is 3.00 bits per heavy atom. The second-order valence-corrected chi connectivity index (χ2v) is 6.81. The standard InChI is InChI=1S/C15H22N4OS/c1-10-8-12-13(17-15(16-2)18-14(12)21-10)19-7-5-3-4-6-11(19)9-20/h8,11,20H,3-7,9H2,1-2H3,(H,16,17,18).